The Kier molecular flexibility index (Phi) is 4.77. The van der Waals surface area contributed by atoms with E-state index in [4.69, 9.17) is 21.1 Å². The van der Waals surface area contributed by atoms with Crippen LogP contribution in [0, 0.1) is 5.82 Å². The largest absolute Gasteiger partial charge is 0.495 e. The summed E-state index contributed by atoms with van der Waals surface area (Å²) in [6.07, 6.45) is 0. The second-order valence-corrected chi connectivity index (χ2v) is 6.34. The van der Waals surface area contributed by atoms with Crippen LogP contribution in [-0.4, -0.2) is 22.6 Å². The van der Waals surface area contributed by atoms with Crippen molar-refractivity contribution >= 4 is 27.3 Å². The van der Waals surface area contributed by atoms with E-state index in [0.29, 0.717) is 5.75 Å². The quantitative estimate of drug-likeness (QED) is 0.903. The van der Waals surface area contributed by atoms with Crippen molar-refractivity contribution in [3.05, 3.63) is 47.2 Å². The second kappa shape index (κ2) is 6.41. The third kappa shape index (κ3) is 3.42. The lowest BCUT2D eigenvalue weighted by Crippen LogP contribution is -2.14. The Labute approximate surface area is 132 Å². The lowest BCUT2D eigenvalue weighted by Gasteiger charge is -2.14. The summed E-state index contributed by atoms with van der Waals surface area (Å²) in [5.41, 5.74) is 0.123. The Morgan fingerprint density at radius 1 is 1.09 bits per heavy atom. The van der Waals surface area contributed by atoms with Gasteiger partial charge in [-0.25, -0.2) is 12.8 Å². The van der Waals surface area contributed by atoms with E-state index in [9.17, 15) is 12.8 Å². The molecule has 0 heterocycles. The van der Waals surface area contributed by atoms with E-state index in [-0.39, 0.29) is 21.4 Å². The zero-order chi connectivity index (χ0) is 16.3. The Morgan fingerprint density at radius 2 is 1.77 bits per heavy atom. The number of hydrogen-bond donors (Lipinski definition) is 1. The van der Waals surface area contributed by atoms with Crippen molar-refractivity contribution in [2.24, 2.45) is 0 Å². The fourth-order valence-electron chi connectivity index (χ4n) is 1.78. The van der Waals surface area contributed by atoms with Gasteiger partial charge in [0.05, 0.1) is 29.8 Å². The van der Waals surface area contributed by atoms with E-state index in [2.05, 4.69) is 4.72 Å². The summed E-state index contributed by atoms with van der Waals surface area (Å²) in [5.74, 6) is -0.0870. The van der Waals surface area contributed by atoms with Gasteiger partial charge in [-0.1, -0.05) is 17.7 Å². The Morgan fingerprint density at radius 3 is 2.36 bits per heavy atom. The average Bonchev–Trinajstić information content (AvgIpc) is 2.47. The predicted octanol–water partition coefficient (Wildman–Crippen LogP) is 3.30. The SMILES string of the molecule is COc1cc(OC)c(NS(=O)(=O)c2cccc(F)c2)cc1Cl. The van der Waals surface area contributed by atoms with Crippen molar-refractivity contribution in [2.75, 3.05) is 18.9 Å². The standard InChI is InChI=1S/C14H13ClFNO4S/c1-20-13-8-14(21-2)12(7-11(13)15)17-22(18,19)10-5-3-4-9(16)6-10/h3-8,17H,1-2H3. The minimum atomic E-state index is -3.97. The lowest BCUT2D eigenvalue weighted by atomic mass is 10.3. The molecule has 0 amide bonds. The molecule has 0 saturated carbocycles. The van der Waals surface area contributed by atoms with Crippen molar-refractivity contribution in [3.8, 4) is 11.5 Å². The molecule has 0 radical (unpaired) electrons. The van der Waals surface area contributed by atoms with Gasteiger partial charge in [0.1, 0.15) is 17.3 Å². The minimum absolute atomic E-state index is 0.123. The number of ether oxygens (including phenoxy) is 2. The van der Waals surface area contributed by atoms with Crippen molar-refractivity contribution in [2.45, 2.75) is 4.90 Å². The van der Waals surface area contributed by atoms with Crippen LogP contribution in [0.15, 0.2) is 41.3 Å². The van der Waals surface area contributed by atoms with Crippen LogP contribution < -0.4 is 14.2 Å². The molecule has 0 aliphatic carbocycles. The lowest BCUT2D eigenvalue weighted by molar-refractivity contribution is 0.396. The Balaban J connectivity index is 2.43. The highest BCUT2D eigenvalue weighted by Gasteiger charge is 2.19. The van der Waals surface area contributed by atoms with E-state index in [0.717, 1.165) is 12.1 Å². The van der Waals surface area contributed by atoms with Gasteiger partial charge < -0.3 is 9.47 Å². The van der Waals surface area contributed by atoms with Crippen LogP contribution in [0.5, 0.6) is 11.5 Å². The number of nitrogens with one attached hydrogen (secondary N) is 1. The van der Waals surface area contributed by atoms with E-state index < -0.39 is 15.8 Å². The van der Waals surface area contributed by atoms with Crippen LogP contribution in [0.4, 0.5) is 10.1 Å². The summed E-state index contributed by atoms with van der Waals surface area (Å²) in [7, 11) is -1.17. The second-order valence-electron chi connectivity index (χ2n) is 4.25. The monoisotopic (exact) mass is 345 g/mol. The molecule has 118 valence electrons. The number of benzene rings is 2. The number of hydrogen-bond acceptors (Lipinski definition) is 4. The highest BCUT2D eigenvalue weighted by molar-refractivity contribution is 7.92. The van der Waals surface area contributed by atoms with E-state index in [1.54, 1.807) is 0 Å². The molecule has 2 aromatic carbocycles. The molecule has 2 aromatic rings. The van der Waals surface area contributed by atoms with Gasteiger partial charge in [-0.3, -0.25) is 4.72 Å². The maximum atomic E-state index is 13.2. The van der Waals surface area contributed by atoms with E-state index in [1.807, 2.05) is 0 Å². The fourth-order valence-corrected chi connectivity index (χ4v) is 3.11. The zero-order valence-corrected chi connectivity index (χ0v) is 13.3. The highest BCUT2D eigenvalue weighted by Crippen LogP contribution is 2.36. The Hall–Kier alpha value is -1.99. The maximum absolute atomic E-state index is 13.2. The first-order chi connectivity index (χ1) is 10.4. The summed E-state index contributed by atoms with van der Waals surface area (Å²) in [6.45, 7) is 0. The summed E-state index contributed by atoms with van der Waals surface area (Å²) in [4.78, 5) is -0.207. The summed E-state index contributed by atoms with van der Waals surface area (Å²) < 4.78 is 50.2. The first-order valence-corrected chi connectivity index (χ1v) is 7.93. The van der Waals surface area contributed by atoms with Crippen molar-refractivity contribution in [3.63, 3.8) is 0 Å². The molecule has 0 saturated heterocycles. The third-order valence-electron chi connectivity index (χ3n) is 2.82. The summed E-state index contributed by atoms with van der Waals surface area (Å²) in [5, 5.41) is 0.209. The van der Waals surface area contributed by atoms with Crippen LogP contribution in [0.1, 0.15) is 0 Å². The number of sulfonamides is 1. The zero-order valence-electron chi connectivity index (χ0n) is 11.8. The van der Waals surface area contributed by atoms with Crippen LogP contribution in [-0.2, 0) is 10.0 Å². The number of anilines is 1. The van der Waals surface area contributed by atoms with Crippen molar-refractivity contribution in [1.82, 2.24) is 0 Å². The van der Waals surface area contributed by atoms with Crippen LogP contribution in [0.25, 0.3) is 0 Å². The first-order valence-electron chi connectivity index (χ1n) is 6.07. The molecule has 5 nitrogen and oxygen atoms in total. The van der Waals surface area contributed by atoms with Gasteiger partial charge in [-0.2, -0.15) is 0 Å². The van der Waals surface area contributed by atoms with E-state index >= 15 is 0 Å². The molecule has 0 unspecified atom stereocenters. The highest BCUT2D eigenvalue weighted by atomic mass is 35.5. The Bertz CT molecular complexity index is 795. The molecule has 0 aliphatic heterocycles. The molecule has 0 bridgehead atoms. The predicted molar refractivity (Wildman–Crippen MR) is 81.8 cm³/mol. The van der Waals surface area contributed by atoms with E-state index in [1.165, 1.54) is 38.5 Å². The smallest absolute Gasteiger partial charge is 0.262 e. The number of methoxy groups -OCH3 is 2. The normalized spacial score (nSPS) is 11.1. The van der Waals surface area contributed by atoms with Crippen LogP contribution in [0.2, 0.25) is 5.02 Å². The van der Waals surface area contributed by atoms with Gasteiger partial charge in [0.25, 0.3) is 10.0 Å². The molecule has 0 aliphatic rings. The molecule has 0 aromatic heterocycles. The third-order valence-corrected chi connectivity index (χ3v) is 4.48. The van der Waals surface area contributed by atoms with Gasteiger partial charge in [-0.05, 0) is 24.3 Å². The van der Waals surface area contributed by atoms with Crippen LogP contribution in [0.3, 0.4) is 0 Å². The van der Waals surface area contributed by atoms with Crippen LogP contribution >= 0.6 is 11.6 Å². The van der Waals surface area contributed by atoms with Crippen molar-refractivity contribution < 1.29 is 22.3 Å². The minimum Gasteiger partial charge on any atom is -0.495 e. The molecule has 1 N–H and O–H groups in total. The van der Waals surface area contributed by atoms with Crippen molar-refractivity contribution in [1.29, 1.82) is 0 Å². The maximum Gasteiger partial charge on any atom is 0.262 e. The topological polar surface area (TPSA) is 64.6 Å². The molecule has 2 rings (SSSR count). The first kappa shape index (κ1) is 16.4. The van der Waals surface area contributed by atoms with Gasteiger partial charge in [0, 0.05) is 6.07 Å². The molecular formula is C14H13ClFNO4S. The fraction of sp³-hybridized carbons (Fsp3) is 0.143. The van der Waals surface area contributed by atoms with Gasteiger partial charge in [-0.15, -0.1) is 0 Å². The molecular weight excluding hydrogens is 333 g/mol. The van der Waals surface area contributed by atoms with Gasteiger partial charge >= 0.3 is 0 Å². The molecule has 22 heavy (non-hydrogen) atoms. The average molecular weight is 346 g/mol. The van der Waals surface area contributed by atoms with Gasteiger partial charge in [0.2, 0.25) is 0 Å². The molecule has 0 spiro atoms. The molecule has 8 heteroatoms. The summed E-state index contributed by atoms with van der Waals surface area (Å²) >= 11 is 5.98. The van der Waals surface area contributed by atoms with Gasteiger partial charge in [0.15, 0.2) is 0 Å². The number of halogens is 2. The molecule has 0 fully saturated rings. The number of rotatable bonds is 5. The molecule has 0 atom stereocenters. The summed E-state index contributed by atoms with van der Waals surface area (Å²) in [6, 6.07) is 7.47.